The Morgan fingerprint density at radius 1 is 1.55 bits per heavy atom. The molecule has 0 aliphatic rings. The van der Waals surface area contributed by atoms with Crippen molar-refractivity contribution in [1.29, 1.82) is 0 Å². The molecule has 0 fully saturated rings. The molecule has 1 atom stereocenters. The lowest BCUT2D eigenvalue weighted by molar-refractivity contribution is 0.0692. The molecular weight excluding hydrogens is 265 g/mol. The monoisotopic (exact) mass is 279 g/mol. The summed E-state index contributed by atoms with van der Waals surface area (Å²) in [6.45, 7) is 3.53. The quantitative estimate of drug-likeness (QED) is 0.743. The largest absolute Gasteiger partial charge is 0.478 e. The summed E-state index contributed by atoms with van der Waals surface area (Å²) in [5.41, 5.74) is 5.68. The number of hydrogen-bond donors (Lipinski definition) is 3. The maximum absolute atomic E-state index is 13.6. The Balaban J connectivity index is 2.25. The van der Waals surface area contributed by atoms with Gasteiger partial charge in [-0.15, -0.1) is 0 Å². The first-order valence-corrected chi connectivity index (χ1v) is 5.89. The molecule has 106 valence electrons. The number of nitrogens with one attached hydrogen (secondary N) is 1. The summed E-state index contributed by atoms with van der Waals surface area (Å²) >= 11 is 0. The SMILES string of the molecule is Cc1cnc(C(C)Nc2cc(F)c(C(=O)O)cc2N)o1. The van der Waals surface area contributed by atoms with Crippen molar-refractivity contribution in [3.8, 4) is 0 Å². The Labute approximate surface area is 114 Å². The number of carboxylic acids is 1. The standard InChI is InChI=1S/C13H14FN3O3/c1-6-5-16-12(20-6)7(2)17-11-4-9(14)8(13(18)19)3-10(11)15/h3-5,7,17H,15H2,1-2H3,(H,18,19). The first-order valence-electron chi connectivity index (χ1n) is 5.89. The summed E-state index contributed by atoms with van der Waals surface area (Å²) in [4.78, 5) is 14.8. The highest BCUT2D eigenvalue weighted by molar-refractivity contribution is 5.90. The van der Waals surface area contributed by atoms with E-state index in [1.54, 1.807) is 20.0 Å². The highest BCUT2D eigenvalue weighted by Crippen LogP contribution is 2.27. The van der Waals surface area contributed by atoms with Gasteiger partial charge in [-0.2, -0.15) is 0 Å². The highest BCUT2D eigenvalue weighted by atomic mass is 19.1. The zero-order chi connectivity index (χ0) is 14.9. The molecule has 1 heterocycles. The number of aryl methyl sites for hydroxylation is 1. The second-order valence-electron chi connectivity index (χ2n) is 4.40. The van der Waals surface area contributed by atoms with E-state index in [0.717, 1.165) is 12.1 Å². The van der Waals surface area contributed by atoms with E-state index in [9.17, 15) is 9.18 Å². The minimum Gasteiger partial charge on any atom is -0.478 e. The van der Waals surface area contributed by atoms with Crippen molar-refractivity contribution in [1.82, 2.24) is 4.98 Å². The van der Waals surface area contributed by atoms with Crippen LogP contribution in [0, 0.1) is 12.7 Å². The molecule has 2 aromatic rings. The molecule has 1 aromatic heterocycles. The number of hydrogen-bond acceptors (Lipinski definition) is 5. The molecule has 0 saturated heterocycles. The number of aromatic nitrogens is 1. The van der Waals surface area contributed by atoms with Gasteiger partial charge in [0.2, 0.25) is 5.89 Å². The lowest BCUT2D eigenvalue weighted by Gasteiger charge is -2.14. The Hall–Kier alpha value is -2.57. The summed E-state index contributed by atoms with van der Waals surface area (Å²) in [5.74, 6) is -1.12. The first kappa shape index (κ1) is 13.9. The van der Waals surface area contributed by atoms with Gasteiger partial charge in [-0.05, 0) is 26.0 Å². The zero-order valence-electron chi connectivity index (χ0n) is 11.0. The van der Waals surface area contributed by atoms with Gasteiger partial charge in [-0.3, -0.25) is 0 Å². The van der Waals surface area contributed by atoms with Crippen LogP contribution in [0.3, 0.4) is 0 Å². The van der Waals surface area contributed by atoms with E-state index in [0.29, 0.717) is 11.7 Å². The molecule has 0 radical (unpaired) electrons. The van der Waals surface area contributed by atoms with Gasteiger partial charge in [0.15, 0.2) is 0 Å². The fraction of sp³-hybridized carbons (Fsp3) is 0.231. The Bertz CT molecular complexity index is 654. The predicted octanol–water partition coefficient (Wildman–Crippen LogP) is 2.58. The van der Waals surface area contributed by atoms with Crippen LogP contribution in [0.15, 0.2) is 22.7 Å². The smallest absolute Gasteiger partial charge is 0.338 e. The van der Waals surface area contributed by atoms with Gasteiger partial charge in [0, 0.05) is 0 Å². The average Bonchev–Trinajstić information content (AvgIpc) is 2.79. The summed E-state index contributed by atoms with van der Waals surface area (Å²) < 4.78 is 19.0. The maximum atomic E-state index is 13.6. The fourth-order valence-corrected chi connectivity index (χ4v) is 1.75. The minimum atomic E-state index is -1.36. The lowest BCUT2D eigenvalue weighted by atomic mass is 10.1. The molecule has 7 heteroatoms. The molecular formula is C13H14FN3O3. The van der Waals surface area contributed by atoms with Crippen molar-refractivity contribution in [3.05, 3.63) is 41.4 Å². The zero-order valence-corrected chi connectivity index (χ0v) is 11.0. The normalized spacial score (nSPS) is 12.2. The van der Waals surface area contributed by atoms with E-state index in [1.807, 2.05) is 0 Å². The average molecular weight is 279 g/mol. The van der Waals surface area contributed by atoms with Crippen LogP contribution < -0.4 is 11.1 Å². The molecule has 0 spiro atoms. The van der Waals surface area contributed by atoms with Crippen molar-refractivity contribution in [2.75, 3.05) is 11.1 Å². The lowest BCUT2D eigenvalue weighted by Crippen LogP contribution is -2.11. The number of nitrogens with zero attached hydrogens (tertiary/aromatic N) is 1. The Morgan fingerprint density at radius 3 is 2.80 bits per heavy atom. The van der Waals surface area contributed by atoms with Crippen molar-refractivity contribution < 1.29 is 18.7 Å². The van der Waals surface area contributed by atoms with E-state index in [2.05, 4.69) is 10.3 Å². The Kier molecular flexibility index (Phi) is 3.60. The van der Waals surface area contributed by atoms with Gasteiger partial charge in [0.05, 0.1) is 23.1 Å². The third-order valence-electron chi connectivity index (χ3n) is 2.75. The second-order valence-corrected chi connectivity index (χ2v) is 4.40. The van der Waals surface area contributed by atoms with E-state index in [1.165, 1.54) is 0 Å². The van der Waals surface area contributed by atoms with Gasteiger partial charge < -0.3 is 20.6 Å². The number of carboxylic acid groups (broad SMARTS) is 1. The maximum Gasteiger partial charge on any atom is 0.338 e. The van der Waals surface area contributed by atoms with Crippen molar-refractivity contribution >= 4 is 17.3 Å². The highest BCUT2D eigenvalue weighted by Gasteiger charge is 2.17. The van der Waals surface area contributed by atoms with Gasteiger partial charge >= 0.3 is 5.97 Å². The fourth-order valence-electron chi connectivity index (χ4n) is 1.75. The first-order chi connectivity index (χ1) is 9.38. The number of aromatic carboxylic acids is 1. The molecule has 0 aliphatic carbocycles. The number of anilines is 2. The van der Waals surface area contributed by atoms with E-state index in [4.69, 9.17) is 15.3 Å². The molecule has 0 aliphatic heterocycles. The van der Waals surface area contributed by atoms with Gasteiger partial charge in [0.1, 0.15) is 17.6 Å². The molecule has 0 bridgehead atoms. The van der Waals surface area contributed by atoms with Crippen molar-refractivity contribution in [2.24, 2.45) is 0 Å². The number of nitrogen functional groups attached to an aromatic ring is 1. The minimum absolute atomic E-state index is 0.138. The number of rotatable bonds is 4. The van der Waals surface area contributed by atoms with Crippen LogP contribution in [0.2, 0.25) is 0 Å². The molecule has 4 N–H and O–H groups in total. The van der Waals surface area contributed by atoms with Crippen LogP contribution >= 0.6 is 0 Å². The van der Waals surface area contributed by atoms with Crippen LogP contribution in [0.25, 0.3) is 0 Å². The second kappa shape index (κ2) is 5.20. The topological polar surface area (TPSA) is 101 Å². The number of oxazole rings is 1. The number of halogens is 1. The van der Waals surface area contributed by atoms with Gasteiger partial charge in [-0.25, -0.2) is 14.2 Å². The van der Waals surface area contributed by atoms with E-state index >= 15 is 0 Å². The molecule has 1 unspecified atom stereocenters. The number of benzene rings is 1. The number of carbonyl (C=O) groups is 1. The molecule has 2 rings (SSSR count). The third kappa shape index (κ3) is 2.71. The van der Waals surface area contributed by atoms with Crippen molar-refractivity contribution in [2.45, 2.75) is 19.9 Å². The summed E-state index contributed by atoms with van der Waals surface area (Å²) in [7, 11) is 0. The number of nitrogens with two attached hydrogens (primary N) is 1. The molecule has 1 aromatic carbocycles. The molecule has 20 heavy (non-hydrogen) atoms. The van der Waals surface area contributed by atoms with Gasteiger partial charge in [0.25, 0.3) is 0 Å². The Morgan fingerprint density at radius 2 is 2.25 bits per heavy atom. The molecule has 6 nitrogen and oxygen atoms in total. The van der Waals surface area contributed by atoms with Crippen LogP contribution in [0.1, 0.15) is 35.0 Å². The van der Waals surface area contributed by atoms with Crippen LogP contribution in [-0.4, -0.2) is 16.1 Å². The van der Waals surface area contributed by atoms with Crippen LogP contribution in [-0.2, 0) is 0 Å². The van der Waals surface area contributed by atoms with E-state index in [-0.39, 0.29) is 17.4 Å². The van der Waals surface area contributed by atoms with Crippen LogP contribution in [0.5, 0.6) is 0 Å². The molecule has 0 saturated carbocycles. The summed E-state index contributed by atoms with van der Waals surface area (Å²) in [6.07, 6.45) is 1.57. The van der Waals surface area contributed by atoms with Gasteiger partial charge in [-0.1, -0.05) is 0 Å². The van der Waals surface area contributed by atoms with Crippen LogP contribution in [0.4, 0.5) is 15.8 Å². The van der Waals surface area contributed by atoms with E-state index < -0.39 is 17.3 Å². The van der Waals surface area contributed by atoms with Crippen molar-refractivity contribution in [3.63, 3.8) is 0 Å². The summed E-state index contributed by atoms with van der Waals surface area (Å²) in [5, 5.41) is 11.7. The third-order valence-corrected chi connectivity index (χ3v) is 2.75. The predicted molar refractivity (Wildman–Crippen MR) is 71.0 cm³/mol. The molecule has 0 amide bonds. The summed E-state index contributed by atoms with van der Waals surface area (Å²) in [6, 6.07) is 1.79.